The Balaban J connectivity index is 1.32. The molecule has 0 fully saturated rings. The molecule has 0 amide bonds. The van der Waals surface area contributed by atoms with Gasteiger partial charge in [-0.1, -0.05) is 84.3 Å². The number of hydrogen-bond donors (Lipinski definition) is 1. The lowest BCUT2D eigenvalue weighted by atomic mass is 9.59. The van der Waals surface area contributed by atoms with Crippen LogP contribution in [0, 0.1) is 6.92 Å². The molecule has 5 heteroatoms. The highest BCUT2D eigenvalue weighted by Crippen LogP contribution is 2.43. The van der Waals surface area contributed by atoms with Gasteiger partial charge in [0.1, 0.15) is 5.58 Å². The van der Waals surface area contributed by atoms with Gasteiger partial charge >= 0.3 is 0 Å². The average Bonchev–Trinajstić information content (AvgIpc) is 3.71. The molecule has 9 aromatic rings. The fraction of sp³-hybridized carbons (Fsp3) is 0.0286. The molecule has 4 aromatic heterocycles. The molecule has 185 valence electrons. The molecule has 0 saturated heterocycles. The standard InChI is InChI=1S/C35H20BN2OS/c1-18-16-24(19-10-6-12-23-31(19)37-32-21-9-3-5-15-28(21)40-34(23)32)30-26(17-18)38-33-22(11-7-13-25(33)36-30)29-20-8-2-4-14-27(20)39-35(29)38/h2-17,37H,1H3. The number of hydrogen-bond acceptors (Lipinski definition) is 2. The average molecular weight is 527 g/mol. The van der Waals surface area contributed by atoms with E-state index in [1.54, 1.807) is 0 Å². The van der Waals surface area contributed by atoms with E-state index in [-0.39, 0.29) is 0 Å². The Morgan fingerprint density at radius 1 is 0.750 bits per heavy atom. The summed E-state index contributed by atoms with van der Waals surface area (Å²) in [5.41, 5.74) is 12.8. The molecule has 3 nitrogen and oxygen atoms in total. The van der Waals surface area contributed by atoms with Crippen molar-refractivity contribution >= 4 is 93.7 Å². The molecule has 0 unspecified atom stereocenters. The SMILES string of the molecule is Cc1cc(-c2cccc3c2[nH]c2c4ccccc4sc32)c2c(c1)-n1c3oc4ccccc4c3c3cccc(c31)[B]2. The van der Waals surface area contributed by atoms with Crippen molar-refractivity contribution in [3.8, 4) is 16.8 Å². The maximum atomic E-state index is 6.58. The zero-order valence-electron chi connectivity index (χ0n) is 21.6. The van der Waals surface area contributed by atoms with Crippen LogP contribution >= 0.6 is 11.3 Å². The summed E-state index contributed by atoms with van der Waals surface area (Å²) >= 11 is 1.87. The predicted molar refractivity (Wildman–Crippen MR) is 170 cm³/mol. The van der Waals surface area contributed by atoms with Crippen LogP contribution < -0.4 is 10.9 Å². The third kappa shape index (κ3) is 2.52. The molecule has 5 heterocycles. The van der Waals surface area contributed by atoms with E-state index in [0.29, 0.717) is 0 Å². The lowest BCUT2D eigenvalue weighted by Crippen LogP contribution is -2.37. The van der Waals surface area contributed by atoms with Crippen LogP contribution in [0.4, 0.5) is 0 Å². The number of nitrogens with zero attached hydrogens (tertiary/aromatic N) is 1. The summed E-state index contributed by atoms with van der Waals surface area (Å²) in [5, 5.41) is 6.16. The maximum absolute atomic E-state index is 6.58. The van der Waals surface area contributed by atoms with E-state index in [1.165, 1.54) is 80.8 Å². The van der Waals surface area contributed by atoms with Crippen molar-refractivity contribution in [1.29, 1.82) is 0 Å². The molecule has 40 heavy (non-hydrogen) atoms. The highest BCUT2D eigenvalue weighted by atomic mass is 32.1. The number of aromatic amines is 1. The topological polar surface area (TPSA) is 33.9 Å². The van der Waals surface area contributed by atoms with Gasteiger partial charge in [-0.2, -0.15) is 0 Å². The second-order valence-corrected chi connectivity index (χ2v) is 12.0. The van der Waals surface area contributed by atoms with Crippen LogP contribution in [-0.4, -0.2) is 16.8 Å². The minimum atomic E-state index is 0.916. The van der Waals surface area contributed by atoms with Crippen molar-refractivity contribution in [3.05, 3.63) is 103 Å². The first-order valence-corrected chi connectivity index (χ1v) is 14.4. The van der Waals surface area contributed by atoms with Gasteiger partial charge in [0.2, 0.25) is 5.71 Å². The van der Waals surface area contributed by atoms with Gasteiger partial charge < -0.3 is 9.40 Å². The Kier molecular flexibility index (Phi) is 3.84. The number of fused-ring (bicyclic) bond motifs is 12. The number of thiophene rings is 1. The second-order valence-electron chi connectivity index (χ2n) is 10.9. The first-order valence-electron chi connectivity index (χ1n) is 13.6. The number of rotatable bonds is 1. The van der Waals surface area contributed by atoms with Crippen LogP contribution in [0.2, 0.25) is 0 Å². The van der Waals surface area contributed by atoms with Crippen molar-refractivity contribution in [2.24, 2.45) is 0 Å². The van der Waals surface area contributed by atoms with E-state index in [0.717, 1.165) is 16.7 Å². The molecule has 0 atom stereocenters. The van der Waals surface area contributed by atoms with Gasteiger partial charge in [0.05, 0.1) is 26.6 Å². The Hall–Kier alpha value is -4.74. The molecular formula is C35H20BN2OS. The van der Waals surface area contributed by atoms with E-state index < -0.39 is 0 Å². The van der Waals surface area contributed by atoms with Gasteiger partial charge in [-0.05, 0) is 41.7 Å². The van der Waals surface area contributed by atoms with E-state index in [9.17, 15) is 0 Å². The van der Waals surface area contributed by atoms with Crippen LogP contribution in [0.25, 0.3) is 81.0 Å². The monoisotopic (exact) mass is 527 g/mol. The molecule has 1 aliphatic heterocycles. The minimum Gasteiger partial charge on any atom is -0.439 e. The van der Waals surface area contributed by atoms with Crippen LogP contribution in [0.5, 0.6) is 0 Å². The Morgan fingerprint density at radius 2 is 1.55 bits per heavy atom. The summed E-state index contributed by atoms with van der Waals surface area (Å²) in [6.07, 6.45) is 0. The van der Waals surface area contributed by atoms with Crippen LogP contribution in [-0.2, 0) is 0 Å². The summed E-state index contributed by atoms with van der Waals surface area (Å²) < 4.78 is 11.6. The Bertz CT molecular complexity index is 2540. The molecule has 0 saturated carbocycles. The Morgan fingerprint density at radius 3 is 2.50 bits per heavy atom. The summed E-state index contributed by atoms with van der Waals surface area (Å²) in [6.45, 7) is 2.20. The zero-order valence-corrected chi connectivity index (χ0v) is 22.4. The largest absolute Gasteiger partial charge is 0.439 e. The number of para-hydroxylation sites is 3. The fourth-order valence-corrected chi connectivity index (χ4v) is 8.18. The van der Waals surface area contributed by atoms with Crippen molar-refractivity contribution in [2.75, 3.05) is 0 Å². The minimum absolute atomic E-state index is 0.916. The van der Waals surface area contributed by atoms with Gasteiger partial charge in [0.15, 0.2) is 7.28 Å². The highest BCUT2D eigenvalue weighted by Gasteiger charge is 2.29. The van der Waals surface area contributed by atoms with Crippen molar-refractivity contribution in [1.82, 2.24) is 9.55 Å². The van der Waals surface area contributed by atoms with Crippen LogP contribution in [0.15, 0.2) is 101 Å². The van der Waals surface area contributed by atoms with E-state index in [4.69, 9.17) is 4.42 Å². The van der Waals surface area contributed by atoms with E-state index in [2.05, 4.69) is 115 Å². The first-order chi connectivity index (χ1) is 19.7. The van der Waals surface area contributed by atoms with Gasteiger partial charge in [-0.15, -0.1) is 11.3 Å². The second kappa shape index (κ2) is 7.26. The summed E-state index contributed by atoms with van der Waals surface area (Å²) in [4.78, 5) is 3.85. The third-order valence-electron chi connectivity index (χ3n) is 8.63. The highest BCUT2D eigenvalue weighted by molar-refractivity contribution is 7.26. The maximum Gasteiger partial charge on any atom is 0.213 e. The lowest BCUT2D eigenvalue weighted by Gasteiger charge is -2.23. The molecule has 0 bridgehead atoms. The summed E-state index contributed by atoms with van der Waals surface area (Å²) in [6, 6.07) is 35.0. The van der Waals surface area contributed by atoms with Crippen LogP contribution in [0.1, 0.15) is 5.56 Å². The van der Waals surface area contributed by atoms with E-state index in [1.807, 2.05) is 17.4 Å². The molecule has 5 aromatic carbocycles. The molecular weight excluding hydrogens is 507 g/mol. The Labute approximate surface area is 233 Å². The molecule has 10 rings (SSSR count). The third-order valence-corrected chi connectivity index (χ3v) is 9.83. The van der Waals surface area contributed by atoms with Crippen LogP contribution in [0.3, 0.4) is 0 Å². The van der Waals surface area contributed by atoms with Crippen molar-refractivity contribution in [2.45, 2.75) is 6.92 Å². The first kappa shape index (κ1) is 21.1. The number of aryl methyl sites for hydroxylation is 1. The summed E-state index contributed by atoms with van der Waals surface area (Å²) in [7, 11) is 2.37. The van der Waals surface area contributed by atoms with Gasteiger partial charge in [-0.3, -0.25) is 4.57 Å². The predicted octanol–water partition coefficient (Wildman–Crippen LogP) is 8.32. The number of nitrogens with one attached hydrogen (secondary N) is 1. The molecule has 0 spiro atoms. The van der Waals surface area contributed by atoms with Crippen molar-refractivity contribution < 1.29 is 4.42 Å². The summed E-state index contributed by atoms with van der Waals surface area (Å²) in [5.74, 6) is 0. The number of aromatic nitrogens is 2. The lowest BCUT2D eigenvalue weighted by molar-refractivity contribution is 0.645. The zero-order chi connectivity index (χ0) is 26.1. The molecule has 1 N–H and O–H groups in total. The van der Waals surface area contributed by atoms with Crippen molar-refractivity contribution in [3.63, 3.8) is 0 Å². The molecule has 1 aliphatic rings. The van der Waals surface area contributed by atoms with Gasteiger partial charge in [0.25, 0.3) is 0 Å². The normalized spacial score (nSPS) is 12.8. The smallest absolute Gasteiger partial charge is 0.213 e. The molecule has 1 radical (unpaired) electrons. The number of furan rings is 1. The van der Waals surface area contributed by atoms with Gasteiger partial charge in [-0.25, -0.2) is 0 Å². The quantitative estimate of drug-likeness (QED) is 0.214. The van der Waals surface area contributed by atoms with Gasteiger partial charge in [0, 0.05) is 37.5 Å². The number of benzene rings is 5. The molecule has 0 aliphatic carbocycles. The number of H-pyrrole nitrogens is 1. The fourth-order valence-electron chi connectivity index (χ4n) is 6.99. The van der Waals surface area contributed by atoms with E-state index >= 15 is 0 Å².